The predicted molar refractivity (Wildman–Crippen MR) is 122 cm³/mol. The van der Waals surface area contributed by atoms with Crippen LogP contribution in [0, 0.1) is 5.92 Å². The van der Waals surface area contributed by atoms with Gasteiger partial charge in [0.1, 0.15) is 11.4 Å². The van der Waals surface area contributed by atoms with Crippen molar-refractivity contribution in [3.05, 3.63) is 18.1 Å². The molecule has 7 rings (SSSR count). The maximum absolute atomic E-state index is 6.05. The lowest BCUT2D eigenvalue weighted by Crippen LogP contribution is -2.33. The van der Waals surface area contributed by atoms with Crippen molar-refractivity contribution >= 4 is 22.8 Å². The number of nitrogen functional groups attached to an aromatic ring is 1. The fourth-order valence-electron chi connectivity index (χ4n) is 5.16. The van der Waals surface area contributed by atoms with E-state index in [1.54, 1.807) is 6.20 Å². The number of imidazole rings is 1. The van der Waals surface area contributed by atoms with Gasteiger partial charge in [0, 0.05) is 30.9 Å². The van der Waals surface area contributed by atoms with Gasteiger partial charge >= 0.3 is 0 Å². The molecule has 168 valence electrons. The lowest BCUT2D eigenvalue weighted by atomic mass is 9.86. The van der Waals surface area contributed by atoms with Gasteiger partial charge in [-0.2, -0.15) is 0 Å². The molecule has 3 aliphatic heterocycles. The smallest absolute Gasteiger partial charge is 0.166 e. The van der Waals surface area contributed by atoms with Gasteiger partial charge in [0.15, 0.2) is 34.4 Å². The number of hydrogen-bond donors (Lipinski definition) is 1. The van der Waals surface area contributed by atoms with Crippen molar-refractivity contribution in [3.63, 3.8) is 0 Å². The molecule has 1 saturated carbocycles. The van der Waals surface area contributed by atoms with Gasteiger partial charge in [0.05, 0.1) is 12.7 Å². The Balaban J connectivity index is 1.55. The third kappa shape index (κ3) is 2.94. The average Bonchev–Trinajstić information content (AvgIpc) is 3.41. The molecule has 3 aromatic heterocycles. The Morgan fingerprint density at radius 2 is 2.03 bits per heavy atom. The topological polar surface area (TPSA) is 104 Å². The minimum atomic E-state index is -0.468. The van der Waals surface area contributed by atoms with Crippen LogP contribution in [0.3, 0.4) is 0 Å². The second-order valence-corrected chi connectivity index (χ2v) is 9.91. The van der Waals surface area contributed by atoms with Crippen molar-refractivity contribution in [3.8, 4) is 17.1 Å². The van der Waals surface area contributed by atoms with Gasteiger partial charge in [-0.05, 0) is 52.5 Å². The van der Waals surface area contributed by atoms with Crippen LogP contribution in [-0.2, 0) is 16.9 Å². The molecule has 0 atom stereocenters. The van der Waals surface area contributed by atoms with Gasteiger partial charge in [-0.25, -0.2) is 19.9 Å². The van der Waals surface area contributed by atoms with Gasteiger partial charge in [-0.15, -0.1) is 0 Å². The standard InChI is InChI=1S/C23H29N7O2/c1-12(2)32-16-9-14(10-25-18(16)24)19-27-20-17(21(28-19)30-11-13-7-15(30)8-13)26-22-23(3,4)31-6-5-29(20)22/h9-10,12-13,15H,5-8,11H2,1-4H3,(H2,24,25). The summed E-state index contributed by atoms with van der Waals surface area (Å²) < 4.78 is 14.1. The molecule has 3 fully saturated rings. The third-order valence-corrected chi connectivity index (χ3v) is 6.77. The number of aromatic nitrogens is 5. The average molecular weight is 436 g/mol. The highest BCUT2D eigenvalue weighted by atomic mass is 16.5. The van der Waals surface area contributed by atoms with E-state index in [1.807, 2.05) is 19.9 Å². The fourth-order valence-corrected chi connectivity index (χ4v) is 5.16. The summed E-state index contributed by atoms with van der Waals surface area (Å²) in [5.74, 6) is 4.10. The number of pyridine rings is 1. The van der Waals surface area contributed by atoms with Crippen LogP contribution in [0.5, 0.6) is 5.75 Å². The molecule has 9 heteroatoms. The van der Waals surface area contributed by atoms with E-state index in [4.69, 9.17) is 30.2 Å². The number of ether oxygens (including phenoxy) is 2. The third-order valence-electron chi connectivity index (χ3n) is 6.77. The van der Waals surface area contributed by atoms with Crippen LogP contribution in [0.4, 0.5) is 11.6 Å². The largest absolute Gasteiger partial charge is 0.487 e. The minimum absolute atomic E-state index is 0.00575. The van der Waals surface area contributed by atoms with E-state index < -0.39 is 5.60 Å². The Bertz CT molecular complexity index is 1210. The molecule has 2 saturated heterocycles. The van der Waals surface area contributed by atoms with E-state index in [-0.39, 0.29) is 6.10 Å². The number of anilines is 2. The Morgan fingerprint density at radius 1 is 1.22 bits per heavy atom. The molecule has 0 unspecified atom stereocenters. The summed E-state index contributed by atoms with van der Waals surface area (Å²) in [7, 11) is 0. The SMILES string of the molecule is CC(C)Oc1cc(-c2nc(N3CC4CC3C4)c3nc4n(c3n2)CCOC4(C)C)cnc1N. The summed E-state index contributed by atoms with van der Waals surface area (Å²) in [6, 6.07) is 2.43. The van der Waals surface area contributed by atoms with Crippen LogP contribution in [0.2, 0.25) is 0 Å². The molecule has 9 nitrogen and oxygen atoms in total. The quantitative estimate of drug-likeness (QED) is 0.667. The van der Waals surface area contributed by atoms with Crippen LogP contribution in [-0.4, -0.2) is 49.8 Å². The molecule has 1 aliphatic carbocycles. The highest BCUT2D eigenvalue weighted by Gasteiger charge is 2.45. The van der Waals surface area contributed by atoms with E-state index in [0.717, 1.165) is 47.4 Å². The molecule has 2 bridgehead atoms. The first-order valence-electron chi connectivity index (χ1n) is 11.4. The van der Waals surface area contributed by atoms with E-state index in [2.05, 4.69) is 28.3 Å². The Morgan fingerprint density at radius 3 is 2.75 bits per heavy atom. The first kappa shape index (κ1) is 19.7. The molecule has 4 aliphatic rings. The van der Waals surface area contributed by atoms with Crippen LogP contribution < -0.4 is 15.4 Å². The van der Waals surface area contributed by atoms with Crippen molar-refractivity contribution in [2.45, 2.75) is 64.8 Å². The summed E-state index contributed by atoms with van der Waals surface area (Å²) in [5, 5.41) is 0. The molecule has 3 aromatic rings. The number of hydrogen-bond acceptors (Lipinski definition) is 8. The normalized spacial score (nSPS) is 23.5. The van der Waals surface area contributed by atoms with Gasteiger partial charge in [-0.3, -0.25) is 0 Å². The van der Waals surface area contributed by atoms with Crippen molar-refractivity contribution in [2.24, 2.45) is 5.92 Å². The zero-order valence-electron chi connectivity index (χ0n) is 19.0. The lowest BCUT2D eigenvalue weighted by Gasteiger charge is -2.30. The van der Waals surface area contributed by atoms with E-state index in [1.165, 1.54) is 12.8 Å². The first-order valence-corrected chi connectivity index (χ1v) is 11.4. The van der Waals surface area contributed by atoms with Gasteiger partial charge in [0.25, 0.3) is 0 Å². The number of nitrogens with two attached hydrogens (primary N) is 1. The second-order valence-electron chi connectivity index (χ2n) is 9.91. The predicted octanol–water partition coefficient (Wildman–Crippen LogP) is 3.12. The Labute approximate surface area is 187 Å². The number of rotatable bonds is 4. The maximum Gasteiger partial charge on any atom is 0.166 e. The van der Waals surface area contributed by atoms with Crippen LogP contribution in [0.1, 0.15) is 46.4 Å². The van der Waals surface area contributed by atoms with Crippen molar-refractivity contribution in [2.75, 3.05) is 23.8 Å². The molecule has 32 heavy (non-hydrogen) atoms. The van der Waals surface area contributed by atoms with Crippen LogP contribution in [0.25, 0.3) is 22.6 Å². The molecular formula is C23H29N7O2. The molecular weight excluding hydrogens is 406 g/mol. The monoisotopic (exact) mass is 435 g/mol. The fraction of sp³-hybridized carbons (Fsp3) is 0.565. The summed E-state index contributed by atoms with van der Waals surface area (Å²) in [5.41, 5.74) is 8.08. The van der Waals surface area contributed by atoms with Gasteiger partial charge in [0.2, 0.25) is 0 Å². The van der Waals surface area contributed by atoms with Crippen molar-refractivity contribution in [1.29, 1.82) is 0 Å². The highest BCUT2D eigenvalue weighted by molar-refractivity contribution is 5.87. The van der Waals surface area contributed by atoms with Gasteiger partial charge < -0.3 is 24.7 Å². The Kier molecular flexibility index (Phi) is 4.18. The molecule has 6 heterocycles. The zero-order chi connectivity index (χ0) is 22.2. The van der Waals surface area contributed by atoms with E-state index >= 15 is 0 Å². The van der Waals surface area contributed by atoms with Crippen molar-refractivity contribution < 1.29 is 9.47 Å². The first-order chi connectivity index (χ1) is 15.3. The molecule has 0 amide bonds. The molecule has 2 N–H and O–H groups in total. The van der Waals surface area contributed by atoms with E-state index in [9.17, 15) is 0 Å². The highest BCUT2D eigenvalue weighted by Crippen LogP contribution is 2.45. The Hall–Kier alpha value is -2.94. The molecule has 0 aromatic carbocycles. The summed E-state index contributed by atoms with van der Waals surface area (Å²) >= 11 is 0. The second kappa shape index (κ2) is 6.78. The minimum Gasteiger partial charge on any atom is -0.487 e. The number of fused-ring (bicyclic) bond motifs is 4. The summed E-state index contributed by atoms with van der Waals surface area (Å²) in [6.07, 6.45) is 4.18. The summed E-state index contributed by atoms with van der Waals surface area (Å²) in [4.78, 5) is 21.8. The van der Waals surface area contributed by atoms with Crippen molar-refractivity contribution in [1.82, 2.24) is 24.5 Å². The number of nitrogens with zero attached hydrogens (tertiary/aromatic N) is 6. The van der Waals surface area contributed by atoms with Crippen LogP contribution in [0.15, 0.2) is 12.3 Å². The van der Waals surface area contributed by atoms with Gasteiger partial charge in [-0.1, -0.05) is 0 Å². The van der Waals surface area contributed by atoms with E-state index in [0.29, 0.717) is 30.0 Å². The lowest BCUT2D eigenvalue weighted by molar-refractivity contribution is -0.0530. The molecule has 0 spiro atoms. The van der Waals surface area contributed by atoms with Crippen LogP contribution >= 0.6 is 0 Å². The zero-order valence-corrected chi connectivity index (χ0v) is 19.0. The summed E-state index contributed by atoms with van der Waals surface area (Å²) in [6.45, 7) is 10.4. The molecule has 0 radical (unpaired) electrons. The maximum atomic E-state index is 6.05.